The van der Waals surface area contributed by atoms with E-state index in [2.05, 4.69) is 0 Å². The monoisotopic (exact) mass is 308 g/mol. The van der Waals surface area contributed by atoms with E-state index in [1.165, 1.54) is 12.1 Å². The summed E-state index contributed by atoms with van der Waals surface area (Å²) in [5, 5.41) is -0.294. The number of aryl methyl sites for hydroxylation is 1. The molecule has 0 heterocycles. The number of benzene rings is 2. The lowest BCUT2D eigenvalue weighted by atomic mass is 10.0. The molecule has 0 aliphatic rings. The van der Waals surface area contributed by atoms with E-state index in [0.717, 1.165) is 16.7 Å². The van der Waals surface area contributed by atoms with Crippen molar-refractivity contribution in [1.29, 1.82) is 0 Å². The Kier molecular flexibility index (Phi) is 5.07. The van der Waals surface area contributed by atoms with Crippen molar-refractivity contribution in [3.63, 3.8) is 0 Å². The SMILES string of the molecule is COc1ccc(CC(Cl)c2cc(C)cc(F)c2)cc1OC. The molecule has 0 saturated carbocycles. The van der Waals surface area contributed by atoms with E-state index in [1.807, 2.05) is 31.2 Å². The Balaban J connectivity index is 2.20. The molecule has 2 aromatic carbocycles. The van der Waals surface area contributed by atoms with E-state index >= 15 is 0 Å². The fourth-order valence-electron chi connectivity index (χ4n) is 2.28. The van der Waals surface area contributed by atoms with Gasteiger partial charge in [0.15, 0.2) is 11.5 Å². The normalized spacial score (nSPS) is 12.0. The summed E-state index contributed by atoms with van der Waals surface area (Å²) in [5.41, 5.74) is 2.65. The Morgan fingerprint density at radius 1 is 1.05 bits per heavy atom. The van der Waals surface area contributed by atoms with Crippen LogP contribution in [0.15, 0.2) is 36.4 Å². The van der Waals surface area contributed by atoms with Crippen molar-refractivity contribution in [3.05, 3.63) is 58.9 Å². The van der Waals surface area contributed by atoms with Crippen molar-refractivity contribution in [2.24, 2.45) is 0 Å². The molecule has 0 N–H and O–H groups in total. The Morgan fingerprint density at radius 3 is 2.38 bits per heavy atom. The van der Waals surface area contributed by atoms with Gasteiger partial charge in [0.1, 0.15) is 5.82 Å². The summed E-state index contributed by atoms with van der Waals surface area (Å²) in [6.45, 7) is 1.85. The molecule has 112 valence electrons. The summed E-state index contributed by atoms with van der Waals surface area (Å²) >= 11 is 6.42. The summed E-state index contributed by atoms with van der Waals surface area (Å²) in [4.78, 5) is 0. The smallest absolute Gasteiger partial charge is 0.160 e. The van der Waals surface area contributed by atoms with E-state index in [4.69, 9.17) is 21.1 Å². The van der Waals surface area contributed by atoms with Crippen LogP contribution in [0.5, 0.6) is 11.5 Å². The van der Waals surface area contributed by atoms with Crippen molar-refractivity contribution in [2.75, 3.05) is 14.2 Å². The molecule has 2 nitrogen and oxygen atoms in total. The van der Waals surface area contributed by atoms with Gasteiger partial charge in [-0.3, -0.25) is 0 Å². The van der Waals surface area contributed by atoms with Crippen LogP contribution in [0, 0.1) is 12.7 Å². The number of halogens is 2. The van der Waals surface area contributed by atoms with Crippen molar-refractivity contribution in [1.82, 2.24) is 0 Å². The maximum Gasteiger partial charge on any atom is 0.160 e. The lowest BCUT2D eigenvalue weighted by Gasteiger charge is -2.13. The molecular formula is C17H18ClFO2. The molecule has 0 spiro atoms. The van der Waals surface area contributed by atoms with Gasteiger partial charge in [0.05, 0.1) is 19.6 Å². The van der Waals surface area contributed by atoms with Gasteiger partial charge in [0.2, 0.25) is 0 Å². The Labute approximate surface area is 129 Å². The topological polar surface area (TPSA) is 18.5 Å². The molecule has 1 unspecified atom stereocenters. The minimum absolute atomic E-state index is 0.261. The van der Waals surface area contributed by atoms with Crippen LogP contribution in [-0.2, 0) is 6.42 Å². The van der Waals surface area contributed by atoms with Gasteiger partial charge in [-0.15, -0.1) is 11.6 Å². The minimum Gasteiger partial charge on any atom is -0.493 e. The summed E-state index contributed by atoms with van der Waals surface area (Å²) in [7, 11) is 3.19. The summed E-state index contributed by atoms with van der Waals surface area (Å²) in [6, 6.07) is 10.5. The largest absolute Gasteiger partial charge is 0.493 e. The molecule has 0 fully saturated rings. The fraction of sp³-hybridized carbons (Fsp3) is 0.294. The standard InChI is InChI=1S/C17H18ClFO2/c1-11-6-13(10-14(19)7-11)15(18)8-12-4-5-16(20-2)17(9-12)21-3/h4-7,9-10,15H,8H2,1-3H3. The summed E-state index contributed by atoms with van der Waals surface area (Å²) < 4.78 is 23.9. The molecule has 0 amide bonds. The van der Waals surface area contributed by atoms with Crippen LogP contribution >= 0.6 is 11.6 Å². The Hall–Kier alpha value is -1.74. The third-order valence-electron chi connectivity index (χ3n) is 3.29. The van der Waals surface area contributed by atoms with Gasteiger partial charge in [-0.1, -0.05) is 12.1 Å². The Morgan fingerprint density at radius 2 is 1.76 bits per heavy atom. The van der Waals surface area contributed by atoms with E-state index in [0.29, 0.717) is 17.9 Å². The molecule has 1 atom stereocenters. The second-order valence-electron chi connectivity index (χ2n) is 4.92. The molecule has 0 aliphatic carbocycles. The molecule has 0 aromatic heterocycles. The molecular weight excluding hydrogens is 291 g/mol. The average Bonchev–Trinajstić information content (AvgIpc) is 2.46. The number of methoxy groups -OCH3 is 2. The van der Waals surface area contributed by atoms with Crippen LogP contribution in [0.1, 0.15) is 22.1 Å². The molecule has 21 heavy (non-hydrogen) atoms. The molecule has 0 radical (unpaired) electrons. The molecule has 4 heteroatoms. The highest BCUT2D eigenvalue weighted by Gasteiger charge is 2.13. The molecule has 0 saturated heterocycles. The van der Waals surface area contributed by atoms with Gasteiger partial charge < -0.3 is 9.47 Å². The van der Waals surface area contributed by atoms with Crippen LogP contribution in [0.4, 0.5) is 4.39 Å². The van der Waals surface area contributed by atoms with Crippen molar-refractivity contribution < 1.29 is 13.9 Å². The average molecular weight is 309 g/mol. The number of rotatable bonds is 5. The zero-order valence-electron chi connectivity index (χ0n) is 12.3. The van der Waals surface area contributed by atoms with Crippen molar-refractivity contribution in [3.8, 4) is 11.5 Å². The lowest BCUT2D eigenvalue weighted by Crippen LogP contribution is -1.99. The first-order chi connectivity index (χ1) is 10.0. The number of ether oxygens (including phenoxy) is 2. The lowest BCUT2D eigenvalue weighted by molar-refractivity contribution is 0.354. The first kappa shape index (κ1) is 15.6. The number of alkyl halides is 1. The van der Waals surface area contributed by atoms with Crippen LogP contribution in [-0.4, -0.2) is 14.2 Å². The molecule has 0 aliphatic heterocycles. The summed E-state index contributed by atoms with van der Waals surface area (Å²) in [5.74, 6) is 1.08. The fourth-order valence-corrected chi connectivity index (χ4v) is 2.58. The van der Waals surface area contributed by atoms with E-state index < -0.39 is 0 Å². The molecule has 2 aromatic rings. The quantitative estimate of drug-likeness (QED) is 0.747. The zero-order valence-corrected chi connectivity index (χ0v) is 13.1. The van der Waals surface area contributed by atoms with Gasteiger partial charge in [-0.05, 0) is 54.3 Å². The third-order valence-corrected chi connectivity index (χ3v) is 3.70. The van der Waals surface area contributed by atoms with Gasteiger partial charge in [-0.25, -0.2) is 4.39 Å². The van der Waals surface area contributed by atoms with Crippen LogP contribution in [0.2, 0.25) is 0 Å². The number of hydrogen-bond donors (Lipinski definition) is 0. The molecule has 2 rings (SSSR count). The van der Waals surface area contributed by atoms with Gasteiger partial charge in [-0.2, -0.15) is 0 Å². The van der Waals surface area contributed by atoms with Gasteiger partial charge in [0, 0.05) is 0 Å². The second kappa shape index (κ2) is 6.81. The zero-order chi connectivity index (χ0) is 15.4. The van der Waals surface area contributed by atoms with Gasteiger partial charge >= 0.3 is 0 Å². The van der Waals surface area contributed by atoms with E-state index in [9.17, 15) is 4.39 Å². The van der Waals surface area contributed by atoms with Gasteiger partial charge in [0.25, 0.3) is 0 Å². The maximum absolute atomic E-state index is 13.4. The highest BCUT2D eigenvalue weighted by molar-refractivity contribution is 6.20. The van der Waals surface area contributed by atoms with Crippen LogP contribution < -0.4 is 9.47 Å². The predicted octanol–water partition coefficient (Wildman–Crippen LogP) is 4.67. The highest BCUT2D eigenvalue weighted by atomic mass is 35.5. The molecule has 0 bridgehead atoms. The van der Waals surface area contributed by atoms with Crippen molar-refractivity contribution >= 4 is 11.6 Å². The number of hydrogen-bond acceptors (Lipinski definition) is 2. The first-order valence-electron chi connectivity index (χ1n) is 6.65. The predicted molar refractivity (Wildman–Crippen MR) is 83.0 cm³/mol. The Bertz CT molecular complexity index is 608. The maximum atomic E-state index is 13.4. The van der Waals surface area contributed by atoms with Crippen LogP contribution in [0.25, 0.3) is 0 Å². The van der Waals surface area contributed by atoms with E-state index in [1.54, 1.807) is 14.2 Å². The highest BCUT2D eigenvalue weighted by Crippen LogP contribution is 2.32. The minimum atomic E-state index is -0.294. The van der Waals surface area contributed by atoms with E-state index in [-0.39, 0.29) is 11.2 Å². The second-order valence-corrected chi connectivity index (χ2v) is 5.45. The first-order valence-corrected chi connectivity index (χ1v) is 7.09. The summed E-state index contributed by atoms with van der Waals surface area (Å²) in [6.07, 6.45) is 0.588. The third kappa shape index (κ3) is 3.88. The van der Waals surface area contributed by atoms with Crippen molar-refractivity contribution in [2.45, 2.75) is 18.7 Å². The van der Waals surface area contributed by atoms with Crippen LogP contribution in [0.3, 0.4) is 0 Å².